The van der Waals surface area contributed by atoms with E-state index >= 15 is 0 Å². The average molecular weight is 369 g/mol. The van der Waals surface area contributed by atoms with Crippen molar-refractivity contribution in [3.8, 4) is 11.5 Å². The number of carbonyl (C=O) groups is 1. The Labute approximate surface area is 155 Å². The van der Waals surface area contributed by atoms with Gasteiger partial charge in [-0.25, -0.2) is 4.98 Å². The van der Waals surface area contributed by atoms with Gasteiger partial charge in [-0.15, -0.1) is 11.3 Å². The first-order valence-electron chi connectivity index (χ1n) is 8.14. The van der Waals surface area contributed by atoms with Crippen LogP contribution in [0.4, 0.5) is 0 Å². The van der Waals surface area contributed by atoms with Crippen molar-refractivity contribution in [3.63, 3.8) is 0 Å². The van der Waals surface area contributed by atoms with Crippen LogP contribution in [0.25, 0.3) is 0 Å². The predicted octanol–water partition coefficient (Wildman–Crippen LogP) is 3.10. The van der Waals surface area contributed by atoms with E-state index in [0.29, 0.717) is 25.3 Å². The molecular weight excluding hydrogens is 350 g/mol. The third-order valence-corrected chi connectivity index (χ3v) is 4.42. The van der Waals surface area contributed by atoms with E-state index in [2.05, 4.69) is 15.3 Å². The summed E-state index contributed by atoms with van der Waals surface area (Å²) in [4.78, 5) is 20.7. The van der Waals surface area contributed by atoms with Crippen molar-refractivity contribution in [1.29, 1.82) is 0 Å². The number of amides is 1. The van der Waals surface area contributed by atoms with Gasteiger partial charge in [0.05, 0.1) is 7.11 Å². The first-order valence-corrected chi connectivity index (χ1v) is 9.02. The zero-order valence-electron chi connectivity index (χ0n) is 14.3. The first kappa shape index (κ1) is 17.9. The molecule has 0 fully saturated rings. The molecule has 3 aromatic rings. The fourth-order valence-corrected chi connectivity index (χ4v) is 2.92. The molecule has 134 valence electrons. The van der Waals surface area contributed by atoms with Crippen LogP contribution >= 0.6 is 11.3 Å². The van der Waals surface area contributed by atoms with E-state index in [4.69, 9.17) is 9.47 Å². The third kappa shape index (κ3) is 5.03. The smallest absolute Gasteiger partial charge is 0.270 e. The highest BCUT2D eigenvalue weighted by Crippen LogP contribution is 2.19. The van der Waals surface area contributed by atoms with Gasteiger partial charge in [0.2, 0.25) is 0 Å². The summed E-state index contributed by atoms with van der Waals surface area (Å²) in [5.41, 5.74) is 1.35. The summed E-state index contributed by atoms with van der Waals surface area (Å²) >= 11 is 1.40. The summed E-state index contributed by atoms with van der Waals surface area (Å²) in [5.74, 6) is 1.31. The first-order chi connectivity index (χ1) is 12.7. The molecule has 2 aromatic heterocycles. The van der Waals surface area contributed by atoms with Crippen LogP contribution in [-0.4, -0.2) is 29.5 Å². The quantitative estimate of drug-likeness (QED) is 0.660. The molecule has 0 radical (unpaired) electrons. The number of methoxy groups -OCH3 is 1. The number of hydrogen-bond acceptors (Lipinski definition) is 6. The van der Waals surface area contributed by atoms with Crippen molar-refractivity contribution in [3.05, 3.63) is 70.4 Å². The molecule has 1 aromatic carbocycles. The highest BCUT2D eigenvalue weighted by atomic mass is 32.1. The van der Waals surface area contributed by atoms with Crippen molar-refractivity contribution in [2.24, 2.45) is 0 Å². The van der Waals surface area contributed by atoms with Gasteiger partial charge in [-0.2, -0.15) is 0 Å². The molecular formula is C19H19N3O3S. The molecule has 0 unspecified atom stereocenters. The van der Waals surface area contributed by atoms with Crippen LogP contribution in [0.15, 0.2) is 54.0 Å². The molecule has 0 bridgehead atoms. The number of pyridine rings is 1. The normalized spacial score (nSPS) is 10.3. The van der Waals surface area contributed by atoms with E-state index in [1.807, 2.05) is 42.5 Å². The zero-order valence-corrected chi connectivity index (χ0v) is 15.2. The second-order valence-electron chi connectivity index (χ2n) is 5.42. The fourth-order valence-electron chi connectivity index (χ4n) is 2.24. The van der Waals surface area contributed by atoms with E-state index in [9.17, 15) is 4.79 Å². The molecule has 0 aliphatic rings. The molecule has 0 atom stereocenters. The summed E-state index contributed by atoms with van der Waals surface area (Å²) in [6, 6.07) is 13.1. The summed E-state index contributed by atoms with van der Waals surface area (Å²) in [7, 11) is 1.62. The minimum Gasteiger partial charge on any atom is -0.497 e. The van der Waals surface area contributed by atoms with Crippen molar-refractivity contribution < 1.29 is 14.3 Å². The van der Waals surface area contributed by atoms with Gasteiger partial charge in [0, 0.05) is 30.2 Å². The number of hydrogen-bond donors (Lipinski definition) is 1. The molecule has 3 rings (SSSR count). The SMILES string of the molecule is COc1ccc(OCc2nc(C(=O)NCCc3ccccn3)cs2)cc1. The molecule has 1 amide bonds. The van der Waals surface area contributed by atoms with Crippen LogP contribution in [0.2, 0.25) is 0 Å². The van der Waals surface area contributed by atoms with Crippen LogP contribution in [0.5, 0.6) is 11.5 Å². The summed E-state index contributed by atoms with van der Waals surface area (Å²) < 4.78 is 10.8. The van der Waals surface area contributed by atoms with Gasteiger partial charge < -0.3 is 14.8 Å². The van der Waals surface area contributed by atoms with Crippen molar-refractivity contribution >= 4 is 17.2 Å². The van der Waals surface area contributed by atoms with Crippen LogP contribution in [0.3, 0.4) is 0 Å². The van der Waals surface area contributed by atoms with E-state index in [1.165, 1.54) is 11.3 Å². The summed E-state index contributed by atoms with van der Waals surface area (Å²) in [6.07, 6.45) is 2.43. The van der Waals surface area contributed by atoms with E-state index < -0.39 is 0 Å². The Morgan fingerprint density at radius 3 is 2.69 bits per heavy atom. The lowest BCUT2D eigenvalue weighted by molar-refractivity contribution is 0.0949. The molecule has 0 spiro atoms. The monoisotopic (exact) mass is 369 g/mol. The maximum atomic E-state index is 12.2. The number of benzene rings is 1. The highest BCUT2D eigenvalue weighted by molar-refractivity contribution is 7.09. The van der Waals surface area contributed by atoms with Gasteiger partial charge in [0.15, 0.2) is 0 Å². The number of carbonyl (C=O) groups excluding carboxylic acids is 1. The number of aromatic nitrogens is 2. The Kier molecular flexibility index (Phi) is 6.16. The Hall–Kier alpha value is -2.93. The number of nitrogens with zero attached hydrogens (tertiary/aromatic N) is 2. The van der Waals surface area contributed by atoms with E-state index in [-0.39, 0.29) is 5.91 Å². The lowest BCUT2D eigenvalue weighted by Crippen LogP contribution is -2.26. The van der Waals surface area contributed by atoms with Gasteiger partial charge in [-0.1, -0.05) is 6.07 Å². The molecule has 26 heavy (non-hydrogen) atoms. The van der Waals surface area contributed by atoms with Crippen molar-refractivity contribution in [2.75, 3.05) is 13.7 Å². The lowest BCUT2D eigenvalue weighted by atomic mass is 10.2. The second-order valence-corrected chi connectivity index (χ2v) is 6.36. The maximum absolute atomic E-state index is 12.2. The highest BCUT2D eigenvalue weighted by Gasteiger charge is 2.11. The fraction of sp³-hybridized carbons (Fsp3) is 0.211. The maximum Gasteiger partial charge on any atom is 0.270 e. The van der Waals surface area contributed by atoms with Gasteiger partial charge in [0.25, 0.3) is 5.91 Å². The minimum absolute atomic E-state index is 0.187. The Balaban J connectivity index is 1.46. The molecule has 7 heteroatoms. The van der Waals surface area contributed by atoms with Gasteiger partial charge >= 0.3 is 0 Å². The summed E-state index contributed by atoms with van der Waals surface area (Å²) in [5, 5.41) is 5.34. The van der Waals surface area contributed by atoms with Crippen LogP contribution in [-0.2, 0) is 13.0 Å². The van der Waals surface area contributed by atoms with Gasteiger partial charge in [-0.05, 0) is 36.4 Å². The van der Waals surface area contributed by atoms with E-state index in [0.717, 1.165) is 22.2 Å². The third-order valence-electron chi connectivity index (χ3n) is 3.60. The number of nitrogens with one attached hydrogen (secondary N) is 1. The average Bonchev–Trinajstić information content (AvgIpc) is 3.17. The van der Waals surface area contributed by atoms with Crippen molar-refractivity contribution in [2.45, 2.75) is 13.0 Å². The molecule has 1 N–H and O–H groups in total. The van der Waals surface area contributed by atoms with Gasteiger partial charge in [0.1, 0.15) is 28.8 Å². The number of thiazole rings is 1. The molecule has 0 aliphatic heterocycles. The number of rotatable bonds is 8. The molecule has 0 aliphatic carbocycles. The number of ether oxygens (including phenoxy) is 2. The van der Waals surface area contributed by atoms with Crippen LogP contribution in [0, 0.1) is 0 Å². The topological polar surface area (TPSA) is 73.3 Å². The predicted molar refractivity (Wildman–Crippen MR) is 99.7 cm³/mol. The Morgan fingerprint density at radius 2 is 1.96 bits per heavy atom. The minimum atomic E-state index is -0.187. The molecule has 2 heterocycles. The van der Waals surface area contributed by atoms with Crippen LogP contribution in [0.1, 0.15) is 21.2 Å². The largest absolute Gasteiger partial charge is 0.497 e. The molecule has 0 saturated carbocycles. The second kappa shape index (κ2) is 8.96. The standard InChI is InChI=1S/C19H19N3O3S/c1-24-15-5-7-16(8-6-15)25-12-18-22-17(13-26-18)19(23)21-11-9-14-4-2-3-10-20-14/h2-8,10,13H,9,11-12H2,1H3,(H,21,23). The lowest BCUT2D eigenvalue weighted by Gasteiger charge is -2.05. The zero-order chi connectivity index (χ0) is 18.2. The van der Waals surface area contributed by atoms with E-state index in [1.54, 1.807) is 18.7 Å². The molecule has 6 nitrogen and oxygen atoms in total. The van der Waals surface area contributed by atoms with Crippen LogP contribution < -0.4 is 14.8 Å². The Morgan fingerprint density at radius 1 is 1.15 bits per heavy atom. The van der Waals surface area contributed by atoms with Crippen molar-refractivity contribution in [1.82, 2.24) is 15.3 Å². The Bertz CT molecular complexity index is 835. The summed E-state index contributed by atoms with van der Waals surface area (Å²) in [6.45, 7) is 0.837. The van der Waals surface area contributed by atoms with Gasteiger partial charge in [-0.3, -0.25) is 9.78 Å². The molecule has 0 saturated heterocycles.